The average Bonchev–Trinajstić information content (AvgIpc) is 3.63. The Bertz CT molecular complexity index is 1690. The van der Waals surface area contributed by atoms with Crippen molar-refractivity contribution >= 4 is 44.5 Å². The molecule has 37 heavy (non-hydrogen) atoms. The zero-order chi connectivity index (χ0) is 26.1. The summed E-state index contributed by atoms with van der Waals surface area (Å²) < 4.78 is 0. The van der Waals surface area contributed by atoms with E-state index >= 15 is 0 Å². The maximum atomic E-state index is 4.99. The van der Waals surface area contributed by atoms with Gasteiger partial charge in [-0.25, -0.2) is 9.97 Å². The molecule has 3 N–H and O–H groups in total. The Morgan fingerprint density at radius 1 is 1.05 bits per heavy atom. The molecule has 0 bridgehead atoms. The van der Waals surface area contributed by atoms with Crippen molar-refractivity contribution in [2.75, 3.05) is 0 Å². The molecule has 0 saturated heterocycles. The lowest BCUT2D eigenvalue weighted by Gasteiger charge is -2.12. The highest BCUT2D eigenvalue weighted by Crippen LogP contribution is 2.36. The summed E-state index contributed by atoms with van der Waals surface area (Å²) in [5, 5.41) is 11.1. The van der Waals surface area contributed by atoms with Crippen LogP contribution in [0.5, 0.6) is 0 Å². The number of hydrogen-bond acceptors (Lipinski definition) is 5. The number of rotatable bonds is 8. The standard InChI is InChI=1S/C30H30N6S/c1-7-19(16-20(8-2)31-18(5)6)22-12-13-24-28(32-22)29(36-35-24)30-33-23-11-9-10-21(27(23)34-30)26-15-14-25(37-26)17(3)4/h7-16,18,31H,2-3H2,1,4-6H3,(H,33,34)(H,35,36)/b19-7+,20-16+. The van der Waals surface area contributed by atoms with Crippen LogP contribution in [0.25, 0.3) is 55.2 Å². The Hall–Kier alpha value is -4.23. The van der Waals surface area contributed by atoms with Gasteiger partial charge in [-0.3, -0.25) is 5.10 Å². The van der Waals surface area contributed by atoms with Gasteiger partial charge in [0, 0.05) is 27.1 Å². The summed E-state index contributed by atoms with van der Waals surface area (Å²) >= 11 is 1.72. The zero-order valence-electron chi connectivity index (χ0n) is 21.5. The molecule has 0 unspecified atom stereocenters. The predicted molar refractivity (Wildman–Crippen MR) is 157 cm³/mol. The van der Waals surface area contributed by atoms with Gasteiger partial charge in [-0.15, -0.1) is 11.3 Å². The van der Waals surface area contributed by atoms with Crippen molar-refractivity contribution in [2.45, 2.75) is 33.7 Å². The highest BCUT2D eigenvalue weighted by Gasteiger charge is 2.17. The van der Waals surface area contributed by atoms with Crippen molar-refractivity contribution in [3.8, 4) is 22.0 Å². The first-order chi connectivity index (χ1) is 17.9. The van der Waals surface area contributed by atoms with Gasteiger partial charge in [0.05, 0.1) is 22.2 Å². The number of allylic oxidation sites excluding steroid dienone is 5. The molecule has 0 radical (unpaired) electrons. The van der Waals surface area contributed by atoms with Gasteiger partial charge in [0.15, 0.2) is 11.5 Å². The van der Waals surface area contributed by atoms with Crippen molar-refractivity contribution in [1.29, 1.82) is 0 Å². The molecule has 7 heteroatoms. The van der Waals surface area contributed by atoms with Gasteiger partial charge in [0.1, 0.15) is 5.52 Å². The molecule has 186 valence electrons. The molecule has 0 saturated carbocycles. The third-order valence-corrected chi connectivity index (χ3v) is 7.31. The Kier molecular flexibility index (Phi) is 6.63. The van der Waals surface area contributed by atoms with Crippen molar-refractivity contribution in [2.24, 2.45) is 0 Å². The van der Waals surface area contributed by atoms with Gasteiger partial charge in [-0.2, -0.15) is 5.10 Å². The van der Waals surface area contributed by atoms with Crippen LogP contribution in [-0.4, -0.2) is 31.2 Å². The van der Waals surface area contributed by atoms with Gasteiger partial charge in [0.2, 0.25) is 0 Å². The molecule has 0 atom stereocenters. The molecule has 5 rings (SSSR count). The maximum Gasteiger partial charge on any atom is 0.161 e. The predicted octanol–water partition coefficient (Wildman–Crippen LogP) is 7.73. The fourth-order valence-electron chi connectivity index (χ4n) is 4.25. The zero-order valence-corrected chi connectivity index (χ0v) is 22.3. The summed E-state index contributed by atoms with van der Waals surface area (Å²) in [6.45, 7) is 16.3. The van der Waals surface area contributed by atoms with Crippen molar-refractivity contribution in [1.82, 2.24) is 30.5 Å². The van der Waals surface area contributed by atoms with Crippen molar-refractivity contribution in [3.05, 3.63) is 90.1 Å². The smallest absolute Gasteiger partial charge is 0.161 e. The van der Waals surface area contributed by atoms with E-state index in [-0.39, 0.29) is 0 Å². The lowest BCUT2D eigenvalue weighted by Crippen LogP contribution is -2.20. The third-order valence-electron chi connectivity index (χ3n) is 6.03. The van der Waals surface area contributed by atoms with Crippen molar-refractivity contribution in [3.63, 3.8) is 0 Å². The first kappa shape index (κ1) is 24.5. The molecule has 4 aromatic heterocycles. The molecule has 0 amide bonds. The summed E-state index contributed by atoms with van der Waals surface area (Å²) in [5.74, 6) is 0.681. The number of nitrogens with zero attached hydrogens (tertiary/aromatic N) is 3. The largest absolute Gasteiger partial charge is 0.383 e. The number of aromatic nitrogens is 5. The summed E-state index contributed by atoms with van der Waals surface area (Å²) in [5.41, 5.74) is 9.12. The average molecular weight is 507 g/mol. The second kappa shape index (κ2) is 10.0. The topological polar surface area (TPSA) is 82.3 Å². The summed E-state index contributed by atoms with van der Waals surface area (Å²) in [6, 6.07) is 14.7. The van der Waals surface area contributed by atoms with Crippen molar-refractivity contribution < 1.29 is 0 Å². The van der Waals surface area contributed by atoms with E-state index in [1.807, 2.05) is 50.3 Å². The van der Waals surface area contributed by atoms with E-state index in [1.54, 1.807) is 11.3 Å². The monoisotopic (exact) mass is 506 g/mol. The van der Waals surface area contributed by atoms with Crippen LogP contribution in [0.1, 0.15) is 38.3 Å². The quantitative estimate of drug-likeness (QED) is 0.188. The number of thiophene rings is 1. The molecular weight excluding hydrogens is 476 g/mol. The molecule has 0 spiro atoms. The molecule has 1 aromatic carbocycles. The second-order valence-corrected chi connectivity index (χ2v) is 10.3. The van der Waals surface area contributed by atoms with Crippen LogP contribution in [0.15, 0.2) is 79.5 Å². The minimum absolute atomic E-state index is 0.304. The van der Waals surface area contributed by atoms with Crippen LogP contribution in [-0.2, 0) is 0 Å². The van der Waals surface area contributed by atoms with E-state index in [0.717, 1.165) is 55.0 Å². The highest BCUT2D eigenvalue weighted by atomic mass is 32.1. The van der Waals surface area contributed by atoms with E-state index in [4.69, 9.17) is 9.97 Å². The number of pyridine rings is 1. The summed E-state index contributed by atoms with van der Waals surface area (Å²) in [6.07, 6.45) is 5.94. The number of imidazole rings is 1. The normalized spacial score (nSPS) is 12.6. The second-order valence-electron chi connectivity index (χ2n) is 9.24. The lowest BCUT2D eigenvalue weighted by atomic mass is 10.1. The van der Waals surface area contributed by atoms with Gasteiger partial charge in [-0.1, -0.05) is 31.4 Å². The fourth-order valence-corrected chi connectivity index (χ4v) is 5.20. The van der Waals surface area contributed by atoms with Crippen LogP contribution >= 0.6 is 11.3 Å². The molecule has 0 aliphatic carbocycles. The lowest BCUT2D eigenvalue weighted by molar-refractivity contribution is 0.682. The first-order valence-corrected chi connectivity index (χ1v) is 13.1. The number of hydrogen-bond donors (Lipinski definition) is 3. The molecule has 0 fully saturated rings. The summed E-state index contributed by atoms with van der Waals surface area (Å²) in [7, 11) is 0. The van der Waals surface area contributed by atoms with E-state index < -0.39 is 0 Å². The number of benzene rings is 1. The van der Waals surface area contributed by atoms with E-state index in [1.165, 1.54) is 4.88 Å². The highest BCUT2D eigenvalue weighted by molar-refractivity contribution is 7.16. The van der Waals surface area contributed by atoms with Crippen LogP contribution in [0.4, 0.5) is 0 Å². The van der Waals surface area contributed by atoms with E-state index in [0.29, 0.717) is 17.6 Å². The molecule has 5 aromatic rings. The molecule has 4 heterocycles. The number of H-pyrrole nitrogens is 2. The first-order valence-electron chi connectivity index (χ1n) is 12.3. The molecule has 0 aliphatic rings. The fraction of sp³-hybridized carbons (Fsp3) is 0.167. The number of nitrogens with one attached hydrogen (secondary N) is 3. The number of aromatic amines is 2. The van der Waals surface area contributed by atoms with Gasteiger partial charge < -0.3 is 10.3 Å². The van der Waals surface area contributed by atoms with Gasteiger partial charge in [0.25, 0.3) is 0 Å². The number of para-hydroxylation sites is 1. The van der Waals surface area contributed by atoms with Gasteiger partial charge >= 0.3 is 0 Å². The summed E-state index contributed by atoms with van der Waals surface area (Å²) in [4.78, 5) is 15.8. The minimum atomic E-state index is 0.304. The Morgan fingerprint density at radius 2 is 1.89 bits per heavy atom. The van der Waals surface area contributed by atoms with Crippen LogP contribution in [0.3, 0.4) is 0 Å². The van der Waals surface area contributed by atoms with Crippen LogP contribution in [0, 0.1) is 0 Å². The number of fused-ring (bicyclic) bond motifs is 2. The van der Waals surface area contributed by atoms with E-state index in [2.05, 4.69) is 71.8 Å². The Labute approximate surface area is 220 Å². The molecular formula is C30H30N6S. The third kappa shape index (κ3) is 4.78. The minimum Gasteiger partial charge on any atom is -0.383 e. The Morgan fingerprint density at radius 3 is 2.59 bits per heavy atom. The van der Waals surface area contributed by atoms with E-state index in [9.17, 15) is 0 Å². The van der Waals surface area contributed by atoms with Gasteiger partial charge in [-0.05, 0) is 81.3 Å². The maximum absolute atomic E-state index is 4.99. The Balaban J connectivity index is 1.58. The van der Waals surface area contributed by atoms with Crippen LogP contribution < -0.4 is 5.32 Å². The molecule has 6 nitrogen and oxygen atoms in total. The molecule has 0 aliphatic heterocycles. The van der Waals surface area contributed by atoms with Crippen LogP contribution in [0.2, 0.25) is 0 Å². The SMILES string of the molecule is C=C/C(=C\C(=C/C)c1ccc2[nH]nc(-c3nc4c(-c5ccc(C(=C)C)s5)cccc4[nH]3)c2n1)NC(C)C.